The Kier molecular flexibility index (Phi) is 3.19. The van der Waals surface area contributed by atoms with Crippen LogP contribution >= 0.6 is 0 Å². The fourth-order valence-electron chi connectivity index (χ4n) is 1.73. The number of aryl methyl sites for hydroxylation is 1. The number of aromatic nitrogens is 2. The van der Waals surface area contributed by atoms with E-state index in [4.69, 9.17) is 4.52 Å². The minimum absolute atomic E-state index is 0.136. The molecule has 0 aromatic carbocycles. The van der Waals surface area contributed by atoms with Gasteiger partial charge in [-0.05, 0) is 6.42 Å². The van der Waals surface area contributed by atoms with Crippen LogP contribution in [0, 0.1) is 6.92 Å². The third-order valence-corrected chi connectivity index (χ3v) is 2.73. The summed E-state index contributed by atoms with van der Waals surface area (Å²) in [6, 6.07) is -0.350. The highest BCUT2D eigenvalue weighted by Gasteiger charge is 2.31. The zero-order valence-corrected chi connectivity index (χ0v) is 9.77. The van der Waals surface area contributed by atoms with Crippen LogP contribution in [-0.2, 0) is 16.1 Å². The third-order valence-electron chi connectivity index (χ3n) is 2.73. The molecule has 7 heteroatoms. The number of hydrogen-bond acceptors (Lipinski definition) is 6. The summed E-state index contributed by atoms with van der Waals surface area (Å²) in [4.78, 5) is 28.2. The summed E-state index contributed by atoms with van der Waals surface area (Å²) in [6.45, 7) is 2.06. The summed E-state index contributed by atoms with van der Waals surface area (Å²) in [5.74, 6) is 0.656. The lowest BCUT2D eigenvalue weighted by Gasteiger charge is -2.27. The van der Waals surface area contributed by atoms with Gasteiger partial charge in [0.2, 0.25) is 17.7 Å². The van der Waals surface area contributed by atoms with Gasteiger partial charge in [-0.1, -0.05) is 5.16 Å². The highest BCUT2D eigenvalue weighted by atomic mass is 16.5. The summed E-state index contributed by atoms with van der Waals surface area (Å²) >= 11 is 0. The minimum atomic E-state index is -0.350. The smallest absolute Gasteiger partial charge is 0.246 e. The molecule has 0 saturated carbocycles. The molecule has 92 valence electrons. The molecule has 0 radical (unpaired) electrons. The Labute approximate surface area is 98.2 Å². The van der Waals surface area contributed by atoms with E-state index < -0.39 is 0 Å². The summed E-state index contributed by atoms with van der Waals surface area (Å²) in [5, 5.41) is 6.74. The molecule has 2 heterocycles. The maximum atomic E-state index is 11.7. The second-order valence-corrected chi connectivity index (χ2v) is 3.99. The lowest BCUT2D eigenvalue weighted by Crippen LogP contribution is -2.51. The van der Waals surface area contributed by atoms with Gasteiger partial charge in [0.25, 0.3) is 0 Å². The molecule has 1 aromatic heterocycles. The maximum Gasteiger partial charge on any atom is 0.246 e. The molecule has 0 bridgehead atoms. The molecule has 1 unspecified atom stereocenters. The van der Waals surface area contributed by atoms with Crippen molar-refractivity contribution in [3.63, 3.8) is 0 Å². The van der Waals surface area contributed by atoms with E-state index >= 15 is 0 Å². The van der Waals surface area contributed by atoms with Crippen LogP contribution in [0.15, 0.2) is 4.52 Å². The van der Waals surface area contributed by atoms with Crippen LogP contribution < -0.4 is 5.32 Å². The molecule has 2 amide bonds. The molecule has 2 rings (SSSR count). The molecule has 0 aliphatic carbocycles. The van der Waals surface area contributed by atoms with Crippen molar-refractivity contribution in [2.75, 3.05) is 7.05 Å². The van der Waals surface area contributed by atoms with E-state index in [1.807, 2.05) is 0 Å². The van der Waals surface area contributed by atoms with Gasteiger partial charge in [-0.25, -0.2) is 0 Å². The van der Waals surface area contributed by atoms with Gasteiger partial charge >= 0.3 is 0 Å². The van der Waals surface area contributed by atoms with E-state index in [2.05, 4.69) is 15.5 Å². The van der Waals surface area contributed by atoms with Crippen molar-refractivity contribution in [1.82, 2.24) is 20.4 Å². The monoisotopic (exact) mass is 238 g/mol. The van der Waals surface area contributed by atoms with Crippen molar-refractivity contribution >= 4 is 11.8 Å². The summed E-state index contributed by atoms with van der Waals surface area (Å²) in [6.07, 6.45) is 0.893. The SMILES string of the molecule is Cc1nc(CNC2CCC(=O)N(C)C2=O)no1. The number of amides is 2. The van der Waals surface area contributed by atoms with Crippen molar-refractivity contribution in [3.8, 4) is 0 Å². The van der Waals surface area contributed by atoms with Crippen LogP contribution in [0.5, 0.6) is 0 Å². The van der Waals surface area contributed by atoms with Crippen LogP contribution in [0.1, 0.15) is 24.6 Å². The Hall–Kier alpha value is -1.76. The minimum Gasteiger partial charge on any atom is -0.340 e. The lowest BCUT2D eigenvalue weighted by atomic mass is 10.0. The Morgan fingerprint density at radius 2 is 2.29 bits per heavy atom. The van der Waals surface area contributed by atoms with Gasteiger partial charge in [-0.15, -0.1) is 0 Å². The van der Waals surface area contributed by atoms with Crippen LogP contribution in [0.2, 0.25) is 0 Å². The number of hydrogen-bond donors (Lipinski definition) is 1. The molecular formula is C10H14N4O3. The molecule has 1 saturated heterocycles. The molecule has 17 heavy (non-hydrogen) atoms. The van der Waals surface area contributed by atoms with E-state index in [-0.39, 0.29) is 17.9 Å². The largest absolute Gasteiger partial charge is 0.340 e. The Morgan fingerprint density at radius 1 is 1.53 bits per heavy atom. The molecule has 1 atom stereocenters. The Bertz CT molecular complexity index is 443. The Balaban J connectivity index is 1.91. The highest BCUT2D eigenvalue weighted by molar-refractivity contribution is 6.00. The van der Waals surface area contributed by atoms with E-state index in [9.17, 15) is 9.59 Å². The molecule has 1 aromatic rings. The summed E-state index contributed by atoms with van der Waals surface area (Å²) in [5.41, 5.74) is 0. The van der Waals surface area contributed by atoms with Crippen molar-refractivity contribution in [2.45, 2.75) is 32.4 Å². The molecule has 1 N–H and O–H groups in total. The number of likely N-dealkylation sites (N-methyl/N-ethyl adjacent to an activating group) is 1. The zero-order valence-electron chi connectivity index (χ0n) is 9.77. The van der Waals surface area contributed by atoms with Gasteiger partial charge in [0, 0.05) is 20.4 Å². The molecule has 0 spiro atoms. The average Bonchev–Trinajstić information content (AvgIpc) is 2.71. The van der Waals surface area contributed by atoms with Gasteiger partial charge < -0.3 is 4.52 Å². The van der Waals surface area contributed by atoms with Gasteiger partial charge in [-0.2, -0.15) is 4.98 Å². The van der Waals surface area contributed by atoms with Crippen molar-refractivity contribution in [1.29, 1.82) is 0 Å². The van der Waals surface area contributed by atoms with Gasteiger partial charge in [0.15, 0.2) is 5.82 Å². The summed E-state index contributed by atoms with van der Waals surface area (Å²) < 4.78 is 4.82. The standard InChI is InChI=1S/C10H14N4O3/c1-6-12-8(13-17-6)5-11-7-3-4-9(15)14(2)10(7)16/h7,11H,3-5H2,1-2H3. The van der Waals surface area contributed by atoms with Crippen LogP contribution in [0.4, 0.5) is 0 Å². The molecule has 1 aliphatic rings. The number of carbonyl (C=O) groups excluding carboxylic acids is 2. The number of nitrogens with zero attached hydrogens (tertiary/aromatic N) is 3. The zero-order chi connectivity index (χ0) is 12.4. The normalized spacial score (nSPS) is 21.1. The van der Waals surface area contributed by atoms with Gasteiger partial charge in [0.1, 0.15) is 0 Å². The number of imide groups is 1. The number of rotatable bonds is 3. The van der Waals surface area contributed by atoms with Crippen LogP contribution in [-0.4, -0.2) is 39.9 Å². The number of nitrogens with one attached hydrogen (secondary N) is 1. The van der Waals surface area contributed by atoms with Crippen molar-refractivity contribution in [3.05, 3.63) is 11.7 Å². The first-order valence-electron chi connectivity index (χ1n) is 5.41. The highest BCUT2D eigenvalue weighted by Crippen LogP contribution is 2.11. The van der Waals surface area contributed by atoms with E-state index in [1.165, 1.54) is 7.05 Å². The fraction of sp³-hybridized carbons (Fsp3) is 0.600. The average molecular weight is 238 g/mol. The van der Waals surface area contributed by atoms with Gasteiger partial charge in [-0.3, -0.25) is 19.8 Å². The quantitative estimate of drug-likeness (QED) is 0.722. The van der Waals surface area contributed by atoms with E-state index in [1.54, 1.807) is 6.92 Å². The molecule has 1 fully saturated rings. The number of carbonyl (C=O) groups is 2. The van der Waals surface area contributed by atoms with E-state index in [0.29, 0.717) is 31.1 Å². The number of piperidine rings is 1. The first-order chi connectivity index (χ1) is 8.08. The molecular weight excluding hydrogens is 224 g/mol. The fourth-order valence-corrected chi connectivity index (χ4v) is 1.73. The van der Waals surface area contributed by atoms with Crippen LogP contribution in [0.3, 0.4) is 0 Å². The topological polar surface area (TPSA) is 88.3 Å². The lowest BCUT2D eigenvalue weighted by molar-refractivity contribution is -0.148. The predicted octanol–water partition coefficient (Wildman–Crippen LogP) is -0.385. The number of likely N-dealkylation sites (tertiary alicyclic amines) is 1. The first-order valence-corrected chi connectivity index (χ1v) is 5.41. The van der Waals surface area contributed by atoms with Crippen molar-refractivity contribution < 1.29 is 14.1 Å². The first kappa shape index (κ1) is 11.7. The molecule has 1 aliphatic heterocycles. The summed E-state index contributed by atoms with van der Waals surface area (Å²) in [7, 11) is 1.50. The predicted molar refractivity (Wildman–Crippen MR) is 56.7 cm³/mol. The van der Waals surface area contributed by atoms with Crippen LogP contribution in [0.25, 0.3) is 0 Å². The second-order valence-electron chi connectivity index (χ2n) is 3.99. The van der Waals surface area contributed by atoms with Crippen molar-refractivity contribution in [2.24, 2.45) is 0 Å². The van der Waals surface area contributed by atoms with E-state index in [0.717, 1.165) is 4.90 Å². The molecule has 7 nitrogen and oxygen atoms in total. The Morgan fingerprint density at radius 3 is 2.94 bits per heavy atom. The van der Waals surface area contributed by atoms with Gasteiger partial charge in [0.05, 0.1) is 12.6 Å². The third kappa shape index (κ3) is 2.50. The second kappa shape index (κ2) is 4.62. The maximum absolute atomic E-state index is 11.7.